The highest BCUT2D eigenvalue weighted by Crippen LogP contribution is 2.29. The number of carbonyl (C=O) groups is 1. The first-order valence-corrected chi connectivity index (χ1v) is 7.69. The fourth-order valence-corrected chi connectivity index (χ4v) is 2.74. The smallest absolute Gasteiger partial charge is 0.305 e. The Labute approximate surface area is 126 Å². The van der Waals surface area contributed by atoms with Crippen molar-refractivity contribution >= 4 is 11.8 Å². The Morgan fingerprint density at radius 1 is 1.29 bits per heavy atom. The molecule has 0 aromatic carbocycles. The van der Waals surface area contributed by atoms with Gasteiger partial charge in [0.15, 0.2) is 0 Å². The predicted octanol–water partition coefficient (Wildman–Crippen LogP) is 3.05. The van der Waals surface area contributed by atoms with Crippen LogP contribution in [-0.4, -0.2) is 27.1 Å². The Morgan fingerprint density at radius 3 is 2.67 bits per heavy atom. The SMILES string of the molecule is CC(C)(C)C(CC(=O)O)Nc1ncnc2c1CCCCC2. The fourth-order valence-electron chi connectivity index (χ4n) is 2.74. The van der Waals surface area contributed by atoms with Crippen LogP contribution in [0.5, 0.6) is 0 Å². The van der Waals surface area contributed by atoms with E-state index in [2.05, 4.69) is 15.3 Å². The number of aryl methyl sites for hydroxylation is 1. The third kappa shape index (κ3) is 4.16. The van der Waals surface area contributed by atoms with Crippen LogP contribution in [0.15, 0.2) is 6.33 Å². The van der Waals surface area contributed by atoms with E-state index in [-0.39, 0.29) is 17.9 Å². The summed E-state index contributed by atoms with van der Waals surface area (Å²) in [6, 6.07) is -0.155. The number of fused-ring (bicyclic) bond motifs is 1. The van der Waals surface area contributed by atoms with E-state index < -0.39 is 5.97 Å². The van der Waals surface area contributed by atoms with Crippen molar-refractivity contribution in [3.8, 4) is 0 Å². The lowest BCUT2D eigenvalue weighted by atomic mass is 9.84. The van der Waals surface area contributed by atoms with E-state index in [9.17, 15) is 4.79 Å². The average Bonchev–Trinajstić information content (AvgIpc) is 2.62. The molecule has 1 aromatic rings. The average molecular weight is 291 g/mol. The fraction of sp³-hybridized carbons (Fsp3) is 0.688. The molecule has 0 amide bonds. The summed E-state index contributed by atoms with van der Waals surface area (Å²) in [5.41, 5.74) is 2.14. The van der Waals surface area contributed by atoms with E-state index in [1.165, 1.54) is 18.4 Å². The van der Waals surface area contributed by atoms with Crippen LogP contribution in [0.2, 0.25) is 0 Å². The zero-order valence-electron chi connectivity index (χ0n) is 13.1. The molecule has 1 aliphatic rings. The zero-order valence-corrected chi connectivity index (χ0v) is 13.1. The molecule has 0 radical (unpaired) electrons. The van der Waals surface area contributed by atoms with Crippen molar-refractivity contribution < 1.29 is 9.90 Å². The van der Waals surface area contributed by atoms with Gasteiger partial charge in [0.25, 0.3) is 0 Å². The van der Waals surface area contributed by atoms with Gasteiger partial charge >= 0.3 is 5.97 Å². The van der Waals surface area contributed by atoms with Crippen molar-refractivity contribution in [2.24, 2.45) is 5.41 Å². The van der Waals surface area contributed by atoms with Crippen LogP contribution in [0.1, 0.15) is 57.7 Å². The predicted molar refractivity (Wildman–Crippen MR) is 82.4 cm³/mol. The maximum atomic E-state index is 11.1. The van der Waals surface area contributed by atoms with Gasteiger partial charge in [-0.2, -0.15) is 0 Å². The van der Waals surface area contributed by atoms with Crippen molar-refractivity contribution in [1.82, 2.24) is 9.97 Å². The first-order chi connectivity index (χ1) is 9.88. The molecule has 0 spiro atoms. The quantitative estimate of drug-likeness (QED) is 0.834. The van der Waals surface area contributed by atoms with Crippen LogP contribution in [-0.2, 0) is 17.6 Å². The Bertz CT molecular complexity index is 509. The van der Waals surface area contributed by atoms with E-state index >= 15 is 0 Å². The molecule has 0 aliphatic heterocycles. The Hall–Kier alpha value is -1.65. The van der Waals surface area contributed by atoms with Gasteiger partial charge in [-0.1, -0.05) is 27.2 Å². The van der Waals surface area contributed by atoms with Gasteiger partial charge in [-0.3, -0.25) is 4.79 Å². The number of nitrogens with zero attached hydrogens (tertiary/aromatic N) is 2. The highest BCUT2D eigenvalue weighted by atomic mass is 16.4. The van der Waals surface area contributed by atoms with Crippen molar-refractivity contribution in [3.05, 3.63) is 17.6 Å². The monoisotopic (exact) mass is 291 g/mol. The van der Waals surface area contributed by atoms with Crippen molar-refractivity contribution in [2.45, 2.75) is 65.3 Å². The largest absolute Gasteiger partial charge is 0.481 e. The van der Waals surface area contributed by atoms with Crippen LogP contribution < -0.4 is 5.32 Å². The Balaban J connectivity index is 2.26. The maximum Gasteiger partial charge on any atom is 0.305 e. The summed E-state index contributed by atoms with van der Waals surface area (Å²) in [5, 5.41) is 12.5. The minimum atomic E-state index is -0.789. The molecule has 116 valence electrons. The van der Waals surface area contributed by atoms with Gasteiger partial charge in [0.1, 0.15) is 12.1 Å². The molecule has 21 heavy (non-hydrogen) atoms. The van der Waals surface area contributed by atoms with Gasteiger partial charge < -0.3 is 10.4 Å². The summed E-state index contributed by atoms with van der Waals surface area (Å²) in [5.74, 6) is 0.0330. The first kappa shape index (κ1) is 15.7. The lowest BCUT2D eigenvalue weighted by Gasteiger charge is -2.31. The molecule has 0 fully saturated rings. The van der Waals surface area contributed by atoms with Gasteiger partial charge in [-0.25, -0.2) is 9.97 Å². The van der Waals surface area contributed by atoms with Gasteiger partial charge in [0, 0.05) is 17.3 Å². The van der Waals surface area contributed by atoms with Crippen molar-refractivity contribution in [2.75, 3.05) is 5.32 Å². The molecular formula is C16H25N3O2. The lowest BCUT2D eigenvalue weighted by Crippen LogP contribution is -2.36. The Morgan fingerprint density at radius 2 is 2.00 bits per heavy atom. The molecule has 1 aliphatic carbocycles. The highest BCUT2D eigenvalue weighted by molar-refractivity contribution is 5.68. The number of hydrogen-bond acceptors (Lipinski definition) is 4. The standard InChI is InChI=1S/C16H25N3O2/c1-16(2,3)13(9-14(20)21)19-15-11-7-5-4-6-8-12(11)17-10-18-15/h10,13H,4-9H2,1-3H3,(H,20,21)(H,17,18,19). The summed E-state index contributed by atoms with van der Waals surface area (Å²) < 4.78 is 0. The van der Waals surface area contributed by atoms with E-state index in [0.717, 1.165) is 30.8 Å². The molecule has 0 saturated carbocycles. The summed E-state index contributed by atoms with van der Waals surface area (Å²) in [4.78, 5) is 19.9. The number of carboxylic acid groups (broad SMARTS) is 1. The van der Waals surface area contributed by atoms with E-state index in [1.807, 2.05) is 20.8 Å². The molecule has 2 rings (SSSR count). The zero-order chi connectivity index (χ0) is 15.5. The van der Waals surface area contributed by atoms with Gasteiger partial charge in [0.05, 0.1) is 6.42 Å². The lowest BCUT2D eigenvalue weighted by molar-refractivity contribution is -0.137. The number of aliphatic carboxylic acids is 1. The number of aromatic nitrogens is 2. The van der Waals surface area contributed by atoms with Gasteiger partial charge in [-0.05, 0) is 31.1 Å². The summed E-state index contributed by atoms with van der Waals surface area (Å²) in [7, 11) is 0. The third-order valence-electron chi connectivity index (χ3n) is 4.11. The molecule has 1 aromatic heterocycles. The summed E-state index contributed by atoms with van der Waals surface area (Å²) in [6.45, 7) is 6.15. The number of rotatable bonds is 4. The summed E-state index contributed by atoms with van der Waals surface area (Å²) >= 11 is 0. The normalized spacial score (nSPS) is 16.7. The Kier molecular flexibility index (Phi) is 4.80. The van der Waals surface area contributed by atoms with Gasteiger partial charge in [-0.15, -0.1) is 0 Å². The number of nitrogens with one attached hydrogen (secondary N) is 1. The summed E-state index contributed by atoms with van der Waals surface area (Å²) in [6.07, 6.45) is 7.17. The molecule has 0 bridgehead atoms. The van der Waals surface area contributed by atoms with E-state index in [0.29, 0.717) is 0 Å². The van der Waals surface area contributed by atoms with E-state index in [4.69, 9.17) is 5.11 Å². The molecule has 1 heterocycles. The molecule has 5 heteroatoms. The third-order valence-corrected chi connectivity index (χ3v) is 4.11. The molecular weight excluding hydrogens is 266 g/mol. The second-order valence-corrected chi connectivity index (χ2v) is 6.87. The number of anilines is 1. The number of hydrogen-bond donors (Lipinski definition) is 2. The van der Waals surface area contributed by atoms with E-state index in [1.54, 1.807) is 6.33 Å². The van der Waals surface area contributed by atoms with Gasteiger partial charge in [0.2, 0.25) is 0 Å². The second kappa shape index (κ2) is 6.41. The van der Waals surface area contributed by atoms with Crippen LogP contribution in [0, 0.1) is 5.41 Å². The minimum absolute atomic E-state index is 0.0856. The van der Waals surface area contributed by atoms with Crippen molar-refractivity contribution in [3.63, 3.8) is 0 Å². The molecule has 0 saturated heterocycles. The maximum absolute atomic E-state index is 11.1. The first-order valence-electron chi connectivity index (χ1n) is 7.69. The minimum Gasteiger partial charge on any atom is -0.481 e. The van der Waals surface area contributed by atoms with Crippen LogP contribution >= 0.6 is 0 Å². The highest BCUT2D eigenvalue weighted by Gasteiger charge is 2.28. The van der Waals surface area contributed by atoms with Crippen LogP contribution in [0.3, 0.4) is 0 Å². The second-order valence-electron chi connectivity index (χ2n) is 6.87. The molecule has 1 unspecified atom stereocenters. The molecule has 2 N–H and O–H groups in total. The number of carboxylic acids is 1. The van der Waals surface area contributed by atoms with Crippen LogP contribution in [0.4, 0.5) is 5.82 Å². The molecule has 1 atom stereocenters. The van der Waals surface area contributed by atoms with Crippen LogP contribution in [0.25, 0.3) is 0 Å². The molecule has 5 nitrogen and oxygen atoms in total. The van der Waals surface area contributed by atoms with Crippen molar-refractivity contribution in [1.29, 1.82) is 0 Å². The topological polar surface area (TPSA) is 75.1 Å².